The maximum atomic E-state index is 13.3. The largest absolute Gasteiger partial charge is 0.354 e. The monoisotopic (exact) mass is 444 g/mol. The Morgan fingerprint density at radius 3 is 2.39 bits per heavy atom. The van der Waals surface area contributed by atoms with Gasteiger partial charge in [-0.15, -0.1) is 11.8 Å². The zero-order chi connectivity index (χ0) is 22.8. The highest BCUT2D eigenvalue weighted by molar-refractivity contribution is 7.99. The summed E-state index contributed by atoms with van der Waals surface area (Å²) >= 11 is 1.54. The highest BCUT2D eigenvalue weighted by atomic mass is 32.2. The van der Waals surface area contributed by atoms with Gasteiger partial charge in [-0.1, -0.05) is 57.2 Å². The van der Waals surface area contributed by atoms with E-state index in [1.54, 1.807) is 28.8 Å². The molecule has 2 aromatic carbocycles. The molecule has 0 aliphatic heterocycles. The van der Waals surface area contributed by atoms with E-state index in [9.17, 15) is 14.0 Å². The first-order valence-corrected chi connectivity index (χ1v) is 11.9. The Labute approximate surface area is 189 Å². The van der Waals surface area contributed by atoms with Crippen molar-refractivity contribution in [1.29, 1.82) is 0 Å². The number of hydrogen-bond donors (Lipinski definition) is 1. The summed E-state index contributed by atoms with van der Waals surface area (Å²) in [4.78, 5) is 27.7. The Morgan fingerprint density at radius 2 is 1.77 bits per heavy atom. The van der Waals surface area contributed by atoms with Gasteiger partial charge in [0.15, 0.2) is 0 Å². The summed E-state index contributed by atoms with van der Waals surface area (Å²) in [6.07, 6.45) is 0.513. The van der Waals surface area contributed by atoms with E-state index in [-0.39, 0.29) is 29.9 Å². The Balaban J connectivity index is 2.12. The molecule has 0 aliphatic rings. The number of halogens is 1. The number of hydrogen-bond acceptors (Lipinski definition) is 3. The van der Waals surface area contributed by atoms with Gasteiger partial charge in [0.05, 0.1) is 5.75 Å². The summed E-state index contributed by atoms with van der Waals surface area (Å²) in [6.45, 7) is 8.87. The van der Waals surface area contributed by atoms with E-state index < -0.39 is 6.04 Å². The molecule has 0 heterocycles. The maximum absolute atomic E-state index is 13.3. The maximum Gasteiger partial charge on any atom is 0.242 e. The molecular weight excluding hydrogens is 411 g/mol. The van der Waals surface area contributed by atoms with Crippen LogP contribution in [0.2, 0.25) is 0 Å². The minimum absolute atomic E-state index is 0.0885. The molecule has 168 valence electrons. The second-order valence-corrected chi connectivity index (χ2v) is 9.12. The van der Waals surface area contributed by atoms with Crippen LogP contribution in [0.15, 0.2) is 48.5 Å². The van der Waals surface area contributed by atoms with E-state index in [2.05, 4.69) is 24.4 Å². The van der Waals surface area contributed by atoms with Crippen LogP contribution in [0.1, 0.15) is 43.9 Å². The average molecular weight is 445 g/mol. The first-order chi connectivity index (χ1) is 14.8. The minimum atomic E-state index is -0.560. The van der Waals surface area contributed by atoms with Crippen LogP contribution < -0.4 is 5.32 Å². The number of carbonyl (C=O) groups is 2. The number of amides is 2. The molecule has 0 unspecified atom stereocenters. The van der Waals surface area contributed by atoms with Gasteiger partial charge in [-0.3, -0.25) is 9.59 Å². The van der Waals surface area contributed by atoms with E-state index in [1.807, 2.05) is 32.9 Å². The van der Waals surface area contributed by atoms with Crippen molar-refractivity contribution in [2.24, 2.45) is 5.92 Å². The molecule has 2 aromatic rings. The number of benzene rings is 2. The molecule has 4 nitrogen and oxygen atoms in total. The van der Waals surface area contributed by atoms with E-state index in [0.29, 0.717) is 18.9 Å². The summed E-state index contributed by atoms with van der Waals surface area (Å²) in [7, 11) is 0. The van der Waals surface area contributed by atoms with Crippen molar-refractivity contribution in [3.05, 3.63) is 71.0 Å². The molecule has 0 fully saturated rings. The molecule has 0 aromatic heterocycles. The lowest BCUT2D eigenvalue weighted by atomic mass is 10.1. The standard InChI is InChI=1S/C25H33FN2O2S/c1-5-23(25(30)27-14-18(2)3)28(15-20-10-12-22(26)13-11-20)24(29)17-31-16-21-9-7-6-8-19(21)4/h6-13,18,23H,5,14-17H2,1-4H3,(H,27,30)/t23-/m0/s1. The van der Waals surface area contributed by atoms with E-state index >= 15 is 0 Å². The average Bonchev–Trinajstić information content (AvgIpc) is 2.74. The first-order valence-electron chi connectivity index (χ1n) is 10.8. The number of aryl methyl sites for hydroxylation is 1. The van der Waals surface area contributed by atoms with Crippen molar-refractivity contribution < 1.29 is 14.0 Å². The Bertz CT molecular complexity index is 855. The van der Waals surface area contributed by atoms with Crippen LogP contribution >= 0.6 is 11.8 Å². The van der Waals surface area contributed by atoms with Crippen LogP contribution in [0.25, 0.3) is 0 Å². The zero-order valence-electron chi connectivity index (χ0n) is 18.9. The molecule has 0 saturated heterocycles. The lowest BCUT2D eigenvalue weighted by molar-refractivity contribution is -0.139. The SMILES string of the molecule is CC[C@@H](C(=O)NCC(C)C)N(Cc1ccc(F)cc1)C(=O)CSCc1ccccc1C. The predicted octanol–water partition coefficient (Wildman–Crippen LogP) is 4.95. The van der Waals surface area contributed by atoms with Crippen LogP contribution in [0, 0.1) is 18.7 Å². The molecule has 0 bridgehead atoms. The van der Waals surface area contributed by atoms with Gasteiger partial charge in [-0.2, -0.15) is 0 Å². The lowest BCUT2D eigenvalue weighted by Gasteiger charge is -2.31. The molecule has 0 aliphatic carbocycles. The third-order valence-corrected chi connectivity index (χ3v) is 6.05. The van der Waals surface area contributed by atoms with Gasteiger partial charge >= 0.3 is 0 Å². The fraction of sp³-hybridized carbons (Fsp3) is 0.440. The van der Waals surface area contributed by atoms with Crippen molar-refractivity contribution >= 4 is 23.6 Å². The van der Waals surface area contributed by atoms with Crippen LogP contribution in [0.4, 0.5) is 4.39 Å². The second-order valence-electron chi connectivity index (χ2n) is 8.13. The summed E-state index contributed by atoms with van der Waals surface area (Å²) in [5, 5.41) is 2.95. The smallest absolute Gasteiger partial charge is 0.242 e. The van der Waals surface area contributed by atoms with Crippen molar-refractivity contribution in [2.45, 2.75) is 52.5 Å². The van der Waals surface area contributed by atoms with Gasteiger partial charge in [0.25, 0.3) is 0 Å². The molecule has 0 spiro atoms. The predicted molar refractivity (Wildman–Crippen MR) is 126 cm³/mol. The fourth-order valence-electron chi connectivity index (χ4n) is 3.23. The highest BCUT2D eigenvalue weighted by Gasteiger charge is 2.28. The van der Waals surface area contributed by atoms with Gasteiger partial charge in [0.2, 0.25) is 11.8 Å². The molecular formula is C25H33FN2O2S. The molecule has 0 saturated carbocycles. The van der Waals surface area contributed by atoms with E-state index in [1.165, 1.54) is 23.3 Å². The van der Waals surface area contributed by atoms with E-state index in [4.69, 9.17) is 0 Å². The number of rotatable bonds is 11. The van der Waals surface area contributed by atoms with Crippen molar-refractivity contribution in [1.82, 2.24) is 10.2 Å². The molecule has 0 radical (unpaired) electrons. The van der Waals surface area contributed by atoms with E-state index in [0.717, 1.165) is 11.3 Å². The fourth-order valence-corrected chi connectivity index (χ4v) is 4.22. The van der Waals surface area contributed by atoms with Crippen molar-refractivity contribution in [3.63, 3.8) is 0 Å². The molecule has 2 rings (SSSR count). The third-order valence-electron chi connectivity index (χ3n) is 5.08. The number of nitrogens with zero attached hydrogens (tertiary/aromatic N) is 1. The van der Waals surface area contributed by atoms with Gasteiger partial charge in [-0.25, -0.2) is 4.39 Å². The van der Waals surface area contributed by atoms with Gasteiger partial charge in [0.1, 0.15) is 11.9 Å². The Morgan fingerprint density at radius 1 is 1.10 bits per heavy atom. The lowest BCUT2D eigenvalue weighted by Crippen LogP contribution is -2.50. The molecule has 2 amide bonds. The Hall–Kier alpha value is -2.34. The van der Waals surface area contributed by atoms with Crippen molar-refractivity contribution in [3.8, 4) is 0 Å². The molecule has 1 atom stereocenters. The molecule has 31 heavy (non-hydrogen) atoms. The summed E-state index contributed by atoms with van der Waals surface area (Å²) in [6, 6.07) is 13.6. The quantitative estimate of drug-likeness (QED) is 0.534. The topological polar surface area (TPSA) is 49.4 Å². The van der Waals surface area contributed by atoms with Crippen LogP contribution in [0.5, 0.6) is 0 Å². The zero-order valence-corrected chi connectivity index (χ0v) is 19.7. The Kier molecular flexibility index (Phi) is 10.0. The second kappa shape index (κ2) is 12.5. The summed E-state index contributed by atoms with van der Waals surface area (Å²) in [5.74, 6) is 0.789. The van der Waals surface area contributed by atoms with Gasteiger partial charge in [0, 0.05) is 18.8 Å². The number of nitrogens with one attached hydrogen (secondary N) is 1. The van der Waals surface area contributed by atoms with Crippen LogP contribution in [-0.4, -0.2) is 35.1 Å². The molecule has 1 N–H and O–H groups in total. The molecule has 6 heteroatoms. The van der Waals surface area contributed by atoms with Crippen molar-refractivity contribution in [2.75, 3.05) is 12.3 Å². The first kappa shape index (κ1) is 24.9. The van der Waals surface area contributed by atoms with Gasteiger partial charge in [-0.05, 0) is 48.1 Å². The number of thioether (sulfide) groups is 1. The van der Waals surface area contributed by atoms with Crippen LogP contribution in [0.3, 0.4) is 0 Å². The summed E-state index contributed by atoms with van der Waals surface area (Å²) in [5.41, 5.74) is 3.20. The number of carbonyl (C=O) groups excluding carboxylic acids is 2. The highest BCUT2D eigenvalue weighted by Crippen LogP contribution is 2.19. The minimum Gasteiger partial charge on any atom is -0.354 e. The van der Waals surface area contributed by atoms with Crippen LogP contribution in [-0.2, 0) is 21.9 Å². The summed E-state index contributed by atoms with van der Waals surface area (Å²) < 4.78 is 13.3. The van der Waals surface area contributed by atoms with Gasteiger partial charge < -0.3 is 10.2 Å². The third kappa shape index (κ3) is 8.02. The normalized spacial score (nSPS) is 11.9.